The van der Waals surface area contributed by atoms with Crippen LogP contribution in [0.5, 0.6) is 0 Å². The van der Waals surface area contributed by atoms with Crippen molar-refractivity contribution in [3.8, 4) is 0 Å². The van der Waals surface area contributed by atoms with Crippen molar-refractivity contribution in [1.82, 2.24) is 14.8 Å². The van der Waals surface area contributed by atoms with E-state index in [0.717, 1.165) is 38.1 Å². The molecule has 1 aliphatic rings. The van der Waals surface area contributed by atoms with E-state index in [1.165, 1.54) is 12.8 Å². The molecule has 0 amide bonds. The van der Waals surface area contributed by atoms with E-state index in [2.05, 4.69) is 23.9 Å². The second-order valence-electron chi connectivity index (χ2n) is 6.07. The van der Waals surface area contributed by atoms with Gasteiger partial charge in [0.05, 0.1) is 5.60 Å². The lowest BCUT2D eigenvalue weighted by molar-refractivity contribution is 0.0222. The van der Waals surface area contributed by atoms with Gasteiger partial charge >= 0.3 is 0 Å². The van der Waals surface area contributed by atoms with E-state index in [-0.39, 0.29) is 0 Å². The van der Waals surface area contributed by atoms with Crippen LogP contribution in [0, 0.1) is 5.92 Å². The molecule has 0 aromatic carbocycles. The fourth-order valence-electron chi connectivity index (χ4n) is 2.78. The molecule has 102 valence electrons. The molecule has 1 aliphatic carbocycles. The fourth-order valence-corrected chi connectivity index (χ4v) is 2.78. The summed E-state index contributed by atoms with van der Waals surface area (Å²) >= 11 is 0. The van der Waals surface area contributed by atoms with Crippen molar-refractivity contribution in [1.29, 1.82) is 0 Å². The van der Waals surface area contributed by atoms with Gasteiger partial charge in [0.1, 0.15) is 12.2 Å². The maximum atomic E-state index is 10.7. The highest BCUT2D eigenvalue weighted by Crippen LogP contribution is 2.29. The number of aliphatic hydroxyl groups is 1. The molecular formula is C14H25N3O. The van der Waals surface area contributed by atoms with E-state index >= 15 is 0 Å². The third kappa shape index (κ3) is 3.55. The summed E-state index contributed by atoms with van der Waals surface area (Å²) in [4.78, 5) is 4.33. The molecule has 0 atom stereocenters. The molecule has 0 radical (unpaired) electrons. The van der Waals surface area contributed by atoms with Gasteiger partial charge in [0.25, 0.3) is 0 Å². The van der Waals surface area contributed by atoms with Crippen LogP contribution in [0.15, 0.2) is 6.33 Å². The molecular weight excluding hydrogens is 226 g/mol. The molecule has 0 aliphatic heterocycles. The highest BCUT2D eigenvalue weighted by molar-refractivity contribution is 4.95. The summed E-state index contributed by atoms with van der Waals surface area (Å²) in [6.45, 7) is 5.23. The number of nitrogens with zero attached hydrogens (tertiary/aromatic N) is 3. The average Bonchev–Trinajstić information content (AvgIpc) is 2.59. The molecule has 1 fully saturated rings. The van der Waals surface area contributed by atoms with Gasteiger partial charge in [0, 0.05) is 13.0 Å². The molecule has 1 saturated carbocycles. The fraction of sp³-hybridized carbons (Fsp3) is 0.857. The van der Waals surface area contributed by atoms with Gasteiger partial charge in [-0.2, -0.15) is 5.10 Å². The zero-order valence-corrected chi connectivity index (χ0v) is 11.6. The second kappa shape index (κ2) is 5.83. The van der Waals surface area contributed by atoms with E-state index in [1.807, 2.05) is 4.68 Å². The molecule has 2 rings (SSSR count). The molecule has 18 heavy (non-hydrogen) atoms. The van der Waals surface area contributed by atoms with Crippen LogP contribution >= 0.6 is 0 Å². The van der Waals surface area contributed by atoms with Crippen LogP contribution in [0.1, 0.15) is 58.2 Å². The minimum absolute atomic E-state index is 0.550. The summed E-state index contributed by atoms with van der Waals surface area (Å²) in [5.74, 6) is 1.49. The van der Waals surface area contributed by atoms with Gasteiger partial charge < -0.3 is 5.11 Å². The van der Waals surface area contributed by atoms with E-state index in [0.29, 0.717) is 12.3 Å². The lowest BCUT2D eigenvalue weighted by Gasteiger charge is -2.26. The van der Waals surface area contributed by atoms with Crippen LogP contribution in [0.3, 0.4) is 0 Å². The molecule has 1 aromatic heterocycles. The van der Waals surface area contributed by atoms with Crippen molar-refractivity contribution >= 4 is 0 Å². The Morgan fingerprint density at radius 1 is 1.28 bits per heavy atom. The van der Waals surface area contributed by atoms with Crippen molar-refractivity contribution in [3.05, 3.63) is 12.2 Å². The van der Waals surface area contributed by atoms with Crippen LogP contribution < -0.4 is 0 Å². The van der Waals surface area contributed by atoms with Crippen LogP contribution in [0.25, 0.3) is 0 Å². The van der Waals surface area contributed by atoms with Gasteiger partial charge in [-0.25, -0.2) is 9.67 Å². The molecule has 0 bridgehead atoms. The molecule has 0 unspecified atom stereocenters. The first-order chi connectivity index (χ1) is 8.59. The Kier molecular flexibility index (Phi) is 4.38. The maximum Gasteiger partial charge on any atom is 0.138 e. The molecule has 1 aromatic rings. The minimum atomic E-state index is -0.557. The Bertz CT molecular complexity index is 365. The summed E-state index contributed by atoms with van der Waals surface area (Å²) < 4.78 is 1.95. The second-order valence-corrected chi connectivity index (χ2v) is 6.07. The summed E-state index contributed by atoms with van der Waals surface area (Å²) in [7, 11) is 0. The van der Waals surface area contributed by atoms with Gasteiger partial charge in [0.2, 0.25) is 0 Å². The van der Waals surface area contributed by atoms with Crippen LogP contribution in [0.2, 0.25) is 0 Å². The predicted molar refractivity (Wildman–Crippen MR) is 71.2 cm³/mol. The van der Waals surface area contributed by atoms with Crippen molar-refractivity contribution in [2.45, 2.75) is 70.9 Å². The normalized spacial score (nSPS) is 20.0. The zero-order valence-electron chi connectivity index (χ0n) is 11.6. The third-order valence-corrected chi connectivity index (χ3v) is 3.76. The third-order valence-electron chi connectivity index (χ3n) is 3.76. The SMILES string of the molecule is CC(C)Cn1ncnc1CC1(O)CCCCCC1. The Hall–Kier alpha value is -0.900. The standard InChI is InChI=1S/C14H25N3O/c1-12(2)10-17-13(15-11-16-17)9-14(18)7-5-3-4-6-8-14/h11-12,18H,3-10H2,1-2H3. The van der Waals surface area contributed by atoms with Crippen molar-refractivity contribution in [2.24, 2.45) is 5.92 Å². The van der Waals surface area contributed by atoms with Crippen LogP contribution in [-0.2, 0) is 13.0 Å². The minimum Gasteiger partial charge on any atom is -0.389 e. The zero-order chi connectivity index (χ0) is 13.0. The Morgan fingerprint density at radius 3 is 2.56 bits per heavy atom. The van der Waals surface area contributed by atoms with Gasteiger partial charge in [-0.15, -0.1) is 0 Å². The molecule has 0 saturated heterocycles. The molecule has 4 heteroatoms. The molecule has 4 nitrogen and oxygen atoms in total. The lowest BCUT2D eigenvalue weighted by atomic mass is 9.90. The summed E-state index contributed by atoms with van der Waals surface area (Å²) in [5.41, 5.74) is -0.557. The van der Waals surface area contributed by atoms with Crippen molar-refractivity contribution < 1.29 is 5.11 Å². The summed E-state index contributed by atoms with van der Waals surface area (Å²) in [6, 6.07) is 0. The Balaban J connectivity index is 2.05. The molecule has 1 heterocycles. The highest BCUT2D eigenvalue weighted by atomic mass is 16.3. The number of rotatable bonds is 4. The molecule has 1 N–H and O–H groups in total. The number of aromatic nitrogens is 3. The van der Waals surface area contributed by atoms with Gasteiger partial charge in [-0.3, -0.25) is 0 Å². The largest absolute Gasteiger partial charge is 0.389 e. The van der Waals surface area contributed by atoms with Crippen molar-refractivity contribution in [2.75, 3.05) is 0 Å². The summed E-state index contributed by atoms with van der Waals surface area (Å²) in [5, 5.41) is 15.0. The van der Waals surface area contributed by atoms with E-state index in [1.54, 1.807) is 6.33 Å². The first-order valence-electron chi connectivity index (χ1n) is 7.18. The topological polar surface area (TPSA) is 50.9 Å². The highest BCUT2D eigenvalue weighted by Gasteiger charge is 2.30. The lowest BCUT2D eigenvalue weighted by Crippen LogP contribution is -2.32. The van der Waals surface area contributed by atoms with E-state index in [4.69, 9.17) is 0 Å². The molecule has 0 spiro atoms. The van der Waals surface area contributed by atoms with Gasteiger partial charge in [-0.1, -0.05) is 39.5 Å². The van der Waals surface area contributed by atoms with Crippen LogP contribution in [0.4, 0.5) is 0 Å². The van der Waals surface area contributed by atoms with Gasteiger partial charge in [0.15, 0.2) is 0 Å². The Morgan fingerprint density at radius 2 is 1.94 bits per heavy atom. The first-order valence-corrected chi connectivity index (χ1v) is 7.18. The smallest absolute Gasteiger partial charge is 0.138 e. The van der Waals surface area contributed by atoms with E-state index in [9.17, 15) is 5.11 Å². The number of hydrogen-bond donors (Lipinski definition) is 1. The van der Waals surface area contributed by atoms with Crippen LogP contribution in [-0.4, -0.2) is 25.5 Å². The van der Waals surface area contributed by atoms with Gasteiger partial charge in [-0.05, 0) is 18.8 Å². The monoisotopic (exact) mass is 251 g/mol. The predicted octanol–water partition coefficient (Wildman–Crippen LogP) is 2.56. The van der Waals surface area contributed by atoms with E-state index < -0.39 is 5.60 Å². The summed E-state index contributed by atoms with van der Waals surface area (Å²) in [6.07, 6.45) is 8.84. The average molecular weight is 251 g/mol. The Labute approximate surface area is 109 Å². The van der Waals surface area contributed by atoms with Crippen molar-refractivity contribution in [3.63, 3.8) is 0 Å². The first kappa shape index (κ1) is 13.5. The quantitative estimate of drug-likeness (QED) is 0.837. The number of hydrogen-bond acceptors (Lipinski definition) is 3. The maximum absolute atomic E-state index is 10.7.